The minimum Gasteiger partial charge on any atom is -0.499 e. The van der Waals surface area contributed by atoms with Gasteiger partial charge in [0.2, 0.25) is 5.75 Å². The van der Waals surface area contributed by atoms with Gasteiger partial charge >= 0.3 is 5.63 Å². The molecule has 124 valence electrons. The minimum absolute atomic E-state index is 0.0664. The van der Waals surface area contributed by atoms with Crippen LogP contribution in [0.2, 0.25) is 0 Å². The van der Waals surface area contributed by atoms with Crippen molar-refractivity contribution in [3.63, 3.8) is 0 Å². The van der Waals surface area contributed by atoms with Gasteiger partial charge in [-0.25, -0.2) is 4.79 Å². The van der Waals surface area contributed by atoms with Gasteiger partial charge in [-0.3, -0.25) is 0 Å². The third-order valence-electron chi connectivity index (χ3n) is 3.12. The van der Waals surface area contributed by atoms with Crippen LogP contribution in [-0.2, 0) is 0 Å². The molecule has 2 rings (SSSR count). The predicted octanol–water partition coefficient (Wildman–Crippen LogP) is 4.02. The summed E-state index contributed by atoms with van der Waals surface area (Å²) in [5, 5.41) is 10.5. The van der Waals surface area contributed by atoms with Gasteiger partial charge in [-0.05, 0) is 38.8 Å². The molecule has 1 aromatic heterocycles. The highest BCUT2D eigenvalue weighted by molar-refractivity contribution is 5.89. The fourth-order valence-electron chi connectivity index (χ4n) is 2.17. The number of hydrogen-bond acceptors (Lipinski definition) is 5. The van der Waals surface area contributed by atoms with Crippen LogP contribution in [0.5, 0.6) is 17.2 Å². The van der Waals surface area contributed by atoms with E-state index in [1.807, 2.05) is 26.0 Å². The van der Waals surface area contributed by atoms with Crippen molar-refractivity contribution in [3.8, 4) is 17.2 Å². The van der Waals surface area contributed by atoms with Gasteiger partial charge in [-0.2, -0.15) is 0 Å². The van der Waals surface area contributed by atoms with E-state index in [0.29, 0.717) is 24.2 Å². The Hall–Kier alpha value is -2.43. The second kappa shape index (κ2) is 7.72. The zero-order chi connectivity index (χ0) is 16.8. The van der Waals surface area contributed by atoms with Gasteiger partial charge in [0.1, 0.15) is 0 Å². The number of benzene rings is 1. The van der Waals surface area contributed by atoms with Crippen molar-refractivity contribution in [2.45, 2.75) is 39.7 Å². The van der Waals surface area contributed by atoms with Crippen LogP contribution in [-0.4, -0.2) is 17.8 Å². The number of aromatic hydroxyl groups is 1. The summed E-state index contributed by atoms with van der Waals surface area (Å²) in [6.45, 7) is 6.18. The molecule has 0 bridgehead atoms. The first-order valence-electron chi connectivity index (χ1n) is 7.77. The molecule has 5 heteroatoms. The number of ether oxygens (including phenoxy) is 2. The van der Waals surface area contributed by atoms with Crippen LogP contribution in [0.4, 0.5) is 0 Å². The highest BCUT2D eigenvalue weighted by atomic mass is 16.5. The van der Waals surface area contributed by atoms with Crippen molar-refractivity contribution in [1.82, 2.24) is 0 Å². The maximum absolute atomic E-state index is 11.9. The van der Waals surface area contributed by atoms with E-state index in [-0.39, 0.29) is 17.4 Å². The topological polar surface area (TPSA) is 68.9 Å². The molecule has 1 N–H and O–H groups in total. The first-order valence-corrected chi connectivity index (χ1v) is 7.77. The highest BCUT2D eigenvalue weighted by Crippen LogP contribution is 2.36. The Labute approximate surface area is 135 Å². The molecule has 0 saturated heterocycles. The molecule has 0 atom stereocenters. The fraction of sp³-hybridized carbons (Fsp3) is 0.389. The van der Waals surface area contributed by atoms with Crippen molar-refractivity contribution in [3.05, 3.63) is 40.8 Å². The Bertz CT molecular complexity index is 743. The smallest absolute Gasteiger partial charge is 0.382 e. The van der Waals surface area contributed by atoms with Crippen molar-refractivity contribution in [1.29, 1.82) is 0 Å². The molecular formula is C18H22O5. The van der Waals surface area contributed by atoms with Crippen LogP contribution >= 0.6 is 0 Å². The molecule has 23 heavy (non-hydrogen) atoms. The summed E-state index contributed by atoms with van der Waals surface area (Å²) in [4.78, 5) is 11.9. The second-order valence-electron chi connectivity index (χ2n) is 5.38. The third kappa shape index (κ3) is 4.06. The second-order valence-corrected chi connectivity index (χ2v) is 5.38. The summed E-state index contributed by atoms with van der Waals surface area (Å²) in [6, 6.07) is 5.21. The molecule has 0 amide bonds. The summed E-state index contributed by atoms with van der Waals surface area (Å²) in [7, 11) is 0. The van der Waals surface area contributed by atoms with E-state index < -0.39 is 11.4 Å². The van der Waals surface area contributed by atoms with Gasteiger partial charge in [0.25, 0.3) is 0 Å². The van der Waals surface area contributed by atoms with Gasteiger partial charge in [-0.15, -0.1) is 0 Å². The zero-order valence-electron chi connectivity index (χ0n) is 13.7. The van der Waals surface area contributed by atoms with Crippen molar-refractivity contribution >= 4 is 11.0 Å². The molecule has 0 fully saturated rings. The maximum atomic E-state index is 11.9. The summed E-state index contributed by atoms with van der Waals surface area (Å²) >= 11 is 0. The summed E-state index contributed by atoms with van der Waals surface area (Å²) in [5.74, 6) is 0.0688. The van der Waals surface area contributed by atoms with E-state index in [4.69, 9.17) is 13.9 Å². The van der Waals surface area contributed by atoms with E-state index >= 15 is 0 Å². The van der Waals surface area contributed by atoms with Gasteiger partial charge in [0.05, 0.1) is 18.1 Å². The molecule has 1 heterocycles. The normalized spacial score (nSPS) is 11.5. The quantitative estimate of drug-likeness (QED) is 0.474. The van der Waals surface area contributed by atoms with Gasteiger partial charge < -0.3 is 19.0 Å². The lowest BCUT2D eigenvalue weighted by Crippen LogP contribution is -2.08. The van der Waals surface area contributed by atoms with Crippen LogP contribution < -0.4 is 15.1 Å². The SMILES string of the molecule is CC/C=C/CCOc1c(O)c(=O)oc2c(OC(C)C)cccc12. The van der Waals surface area contributed by atoms with Crippen molar-refractivity contribution in [2.75, 3.05) is 6.61 Å². The summed E-state index contributed by atoms with van der Waals surface area (Å²) in [5.41, 5.74) is -0.556. The van der Waals surface area contributed by atoms with Crippen molar-refractivity contribution < 1.29 is 19.0 Å². The number of hydrogen-bond donors (Lipinski definition) is 1. The minimum atomic E-state index is -0.837. The largest absolute Gasteiger partial charge is 0.499 e. The Balaban J connectivity index is 2.40. The number of allylic oxidation sites excluding steroid dienone is 1. The molecule has 0 aliphatic rings. The lowest BCUT2D eigenvalue weighted by atomic mass is 10.2. The molecule has 0 saturated carbocycles. The summed E-state index contributed by atoms with van der Waals surface area (Å²) < 4.78 is 16.5. The molecule has 2 aromatic rings. The molecule has 5 nitrogen and oxygen atoms in total. The van der Waals surface area contributed by atoms with Crippen molar-refractivity contribution in [2.24, 2.45) is 0 Å². The lowest BCUT2D eigenvalue weighted by molar-refractivity contribution is 0.240. The van der Waals surface area contributed by atoms with Crippen LogP contribution in [0.3, 0.4) is 0 Å². The van der Waals surface area contributed by atoms with Crippen LogP contribution in [0.25, 0.3) is 11.0 Å². The van der Waals surface area contributed by atoms with Crippen LogP contribution in [0.15, 0.2) is 39.6 Å². The molecule has 0 unspecified atom stereocenters. The fourth-order valence-corrected chi connectivity index (χ4v) is 2.17. The maximum Gasteiger partial charge on any atom is 0.382 e. The Kier molecular flexibility index (Phi) is 5.68. The average molecular weight is 318 g/mol. The molecule has 1 aromatic carbocycles. The summed E-state index contributed by atoms with van der Waals surface area (Å²) in [6.07, 6.45) is 5.62. The third-order valence-corrected chi connectivity index (χ3v) is 3.12. The lowest BCUT2D eigenvalue weighted by Gasteiger charge is -2.13. The van der Waals surface area contributed by atoms with E-state index in [2.05, 4.69) is 6.92 Å². The van der Waals surface area contributed by atoms with E-state index in [1.165, 1.54) is 0 Å². The van der Waals surface area contributed by atoms with Gasteiger partial charge in [0, 0.05) is 0 Å². The monoisotopic (exact) mass is 318 g/mol. The van der Waals surface area contributed by atoms with Gasteiger partial charge in [-0.1, -0.05) is 25.1 Å². The molecule has 0 aliphatic heterocycles. The molecule has 0 spiro atoms. The Morgan fingerprint density at radius 3 is 2.78 bits per heavy atom. The van der Waals surface area contributed by atoms with Crippen LogP contribution in [0.1, 0.15) is 33.6 Å². The van der Waals surface area contributed by atoms with E-state index in [1.54, 1.807) is 18.2 Å². The molecule has 0 aliphatic carbocycles. The Morgan fingerprint density at radius 1 is 1.30 bits per heavy atom. The van der Waals surface area contributed by atoms with E-state index in [0.717, 1.165) is 6.42 Å². The van der Waals surface area contributed by atoms with E-state index in [9.17, 15) is 9.90 Å². The highest BCUT2D eigenvalue weighted by Gasteiger charge is 2.18. The number of rotatable bonds is 7. The molecular weight excluding hydrogens is 296 g/mol. The predicted molar refractivity (Wildman–Crippen MR) is 89.5 cm³/mol. The first kappa shape index (κ1) is 16.9. The zero-order valence-corrected chi connectivity index (χ0v) is 13.7. The first-order chi connectivity index (χ1) is 11.0. The van der Waals surface area contributed by atoms with Crippen LogP contribution in [0, 0.1) is 0 Å². The standard InChI is InChI=1S/C18H22O5/c1-4-5-6-7-11-21-17-13-9-8-10-14(22-12(2)3)16(13)23-18(20)15(17)19/h5-6,8-10,12,19H,4,7,11H2,1-3H3/b6-5+. The average Bonchev–Trinajstić information content (AvgIpc) is 2.51. The molecule has 0 radical (unpaired) electrons. The number of para-hydroxylation sites is 1. The van der Waals surface area contributed by atoms with Gasteiger partial charge in [0.15, 0.2) is 17.1 Å². The Morgan fingerprint density at radius 2 is 2.09 bits per heavy atom. The number of fused-ring (bicyclic) bond motifs is 1.